The van der Waals surface area contributed by atoms with Gasteiger partial charge >= 0.3 is 0 Å². The van der Waals surface area contributed by atoms with Gasteiger partial charge < -0.3 is 14.2 Å². The second-order valence-electron chi connectivity index (χ2n) is 5.59. The predicted octanol–water partition coefficient (Wildman–Crippen LogP) is 2.88. The molecule has 0 aliphatic rings. The van der Waals surface area contributed by atoms with Crippen LogP contribution in [0, 0.1) is 0 Å². The molecular weight excluding hydrogens is 378 g/mol. The van der Waals surface area contributed by atoms with Crippen molar-refractivity contribution >= 4 is 37.7 Å². The Hall–Kier alpha value is -1.84. The van der Waals surface area contributed by atoms with Gasteiger partial charge in [0.2, 0.25) is 5.52 Å². The molecule has 0 amide bonds. The summed E-state index contributed by atoms with van der Waals surface area (Å²) in [6.45, 7) is 4.79. The molecule has 7 nitrogen and oxygen atoms in total. The number of aryl methyl sites for hydroxylation is 1. The average Bonchev–Trinajstić information content (AvgIpc) is 2.89. The molecule has 0 aliphatic heterocycles. The summed E-state index contributed by atoms with van der Waals surface area (Å²) in [6, 6.07) is 3.76. The first kappa shape index (κ1) is 20.5. The average molecular weight is 403 g/mol. The molecule has 0 aliphatic carbocycles. The number of rotatable bonds is 9. The maximum absolute atomic E-state index is 11.0. The fourth-order valence-electron chi connectivity index (χ4n) is 2.62. The van der Waals surface area contributed by atoms with E-state index < -0.39 is 10.1 Å². The van der Waals surface area contributed by atoms with Crippen LogP contribution in [0.3, 0.4) is 0 Å². The number of fused-ring (bicyclic) bond motifs is 1. The van der Waals surface area contributed by atoms with Crippen molar-refractivity contribution in [3.8, 4) is 11.5 Å². The minimum atomic E-state index is -3.99. The molecule has 0 radical (unpaired) electrons. The summed E-state index contributed by atoms with van der Waals surface area (Å²) in [7, 11) is -0.844. The Labute approximate surface area is 157 Å². The normalized spacial score (nSPS) is 12.4. The van der Waals surface area contributed by atoms with Gasteiger partial charge in [0.1, 0.15) is 10.5 Å². The number of nitrogens with zero attached hydrogens (tertiary/aromatic N) is 1. The van der Waals surface area contributed by atoms with Gasteiger partial charge in [-0.2, -0.15) is 13.0 Å². The minimum Gasteiger partial charge on any atom is -0.498 e. The van der Waals surface area contributed by atoms with Crippen molar-refractivity contribution in [1.82, 2.24) is 0 Å². The van der Waals surface area contributed by atoms with E-state index in [0.717, 1.165) is 21.0 Å². The van der Waals surface area contributed by atoms with E-state index >= 15 is 0 Å². The van der Waals surface area contributed by atoms with Gasteiger partial charge in [0.05, 0.1) is 38.7 Å². The number of allylic oxidation sites excluding steroid dienone is 1. The van der Waals surface area contributed by atoms with Crippen molar-refractivity contribution in [2.24, 2.45) is 0 Å². The Bertz CT molecular complexity index is 902. The van der Waals surface area contributed by atoms with Gasteiger partial charge in [0, 0.05) is 12.5 Å². The summed E-state index contributed by atoms with van der Waals surface area (Å²) in [6.07, 6.45) is 2.21. The second kappa shape index (κ2) is 8.70. The van der Waals surface area contributed by atoms with E-state index in [1.807, 2.05) is 36.6 Å². The van der Waals surface area contributed by atoms with Crippen molar-refractivity contribution in [2.75, 3.05) is 26.6 Å². The van der Waals surface area contributed by atoms with Crippen LogP contribution in [0.1, 0.15) is 25.3 Å². The van der Waals surface area contributed by atoms with E-state index in [9.17, 15) is 8.42 Å². The Morgan fingerprint density at radius 2 is 1.92 bits per heavy atom. The Kier molecular flexibility index (Phi) is 6.85. The third-order valence-corrected chi connectivity index (χ3v) is 5.62. The van der Waals surface area contributed by atoms with Crippen molar-refractivity contribution in [2.45, 2.75) is 26.8 Å². The Morgan fingerprint density at radius 3 is 2.50 bits per heavy atom. The largest absolute Gasteiger partial charge is 0.498 e. The fraction of sp³-hybridized carbons (Fsp3) is 0.471. The van der Waals surface area contributed by atoms with Gasteiger partial charge in [0.25, 0.3) is 15.1 Å². The van der Waals surface area contributed by atoms with Crippen LogP contribution in [0.4, 0.5) is 0 Å². The molecule has 1 aromatic heterocycles. The second-order valence-corrected chi connectivity index (χ2v) is 8.23. The zero-order valence-corrected chi connectivity index (χ0v) is 16.9. The summed E-state index contributed by atoms with van der Waals surface area (Å²) >= 11 is 1.54. The highest BCUT2D eigenvalue weighted by atomic mass is 32.2. The highest BCUT2D eigenvalue weighted by Gasteiger charge is 2.23. The number of hydrogen-bond acceptors (Lipinski definition) is 6. The standard InChI is InChI=1S/C17H23NO6S2/c1-5-24-12(2)9-17-18(7-6-8-26(19,20)21)13-10-14(22-3)15(23-4)11-16(13)25-17/h9-11H,5-8H2,1-4H3/p+1. The number of aromatic nitrogens is 1. The zero-order valence-electron chi connectivity index (χ0n) is 15.3. The van der Waals surface area contributed by atoms with Crippen LogP contribution < -0.4 is 14.0 Å². The van der Waals surface area contributed by atoms with Crippen LogP contribution >= 0.6 is 11.3 Å². The lowest BCUT2D eigenvalue weighted by atomic mass is 10.2. The Morgan fingerprint density at radius 1 is 1.27 bits per heavy atom. The molecule has 0 unspecified atom stereocenters. The van der Waals surface area contributed by atoms with Crippen LogP contribution in [0.25, 0.3) is 16.3 Å². The molecule has 1 aromatic carbocycles. The van der Waals surface area contributed by atoms with Gasteiger partial charge in [-0.3, -0.25) is 4.55 Å². The number of methoxy groups -OCH3 is 2. The van der Waals surface area contributed by atoms with Crippen LogP contribution in [-0.2, 0) is 21.4 Å². The molecule has 2 rings (SSSR count). The van der Waals surface area contributed by atoms with Gasteiger partial charge in [-0.25, -0.2) is 0 Å². The Balaban J connectivity index is 2.52. The predicted molar refractivity (Wildman–Crippen MR) is 101 cm³/mol. The highest BCUT2D eigenvalue weighted by molar-refractivity contribution is 7.85. The first-order valence-electron chi connectivity index (χ1n) is 8.13. The molecule has 2 aromatic rings. The lowest BCUT2D eigenvalue weighted by molar-refractivity contribution is -0.668. The number of hydrogen-bond donors (Lipinski definition) is 1. The van der Waals surface area contributed by atoms with Crippen molar-refractivity contribution in [1.29, 1.82) is 0 Å². The summed E-state index contributed by atoms with van der Waals surface area (Å²) < 4.78 is 50.3. The molecule has 144 valence electrons. The molecule has 1 heterocycles. The van der Waals surface area contributed by atoms with E-state index in [2.05, 4.69) is 0 Å². The third-order valence-electron chi connectivity index (χ3n) is 3.72. The number of thiazole rings is 1. The monoisotopic (exact) mass is 402 g/mol. The summed E-state index contributed by atoms with van der Waals surface area (Å²) in [5.74, 6) is 1.70. The van der Waals surface area contributed by atoms with Crippen LogP contribution in [0.15, 0.2) is 17.9 Å². The summed E-state index contributed by atoms with van der Waals surface area (Å²) in [5, 5.41) is 0.914. The lowest BCUT2D eigenvalue weighted by Crippen LogP contribution is -2.36. The molecule has 26 heavy (non-hydrogen) atoms. The van der Waals surface area contributed by atoms with Gasteiger partial charge in [-0.05, 0) is 13.8 Å². The van der Waals surface area contributed by atoms with E-state index in [4.69, 9.17) is 18.8 Å². The van der Waals surface area contributed by atoms with Crippen molar-refractivity contribution < 1.29 is 31.7 Å². The zero-order chi connectivity index (χ0) is 19.3. The van der Waals surface area contributed by atoms with Gasteiger partial charge in [0.15, 0.2) is 18.0 Å². The topological polar surface area (TPSA) is 85.9 Å². The summed E-state index contributed by atoms with van der Waals surface area (Å²) in [5.41, 5.74) is 0.901. The molecular formula is C17H24NO6S2+. The van der Waals surface area contributed by atoms with E-state index in [1.54, 1.807) is 25.6 Å². The number of benzene rings is 1. The first-order valence-corrected chi connectivity index (χ1v) is 10.6. The van der Waals surface area contributed by atoms with E-state index in [-0.39, 0.29) is 12.2 Å². The molecule has 0 saturated heterocycles. The lowest BCUT2D eigenvalue weighted by Gasteiger charge is -2.06. The molecule has 1 N–H and O–H groups in total. The maximum Gasteiger partial charge on any atom is 0.266 e. The van der Waals surface area contributed by atoms with E-state index in [0.29, 0.717) is 24.7 Å². The minimum absolute atomic E-state index is 0.290. The van der Waals surface area contributed by atoms with Gasteiger partial charge in [-0.15, -0.1) is 0 Å². The molecule has 0 bridgehead atoms. The van der Waals surface area contributed by atoms with Crippen LogP contribution in [0.2, 0.25) is 0 Å². The quantitative estimate of drug-likeness (QED) is 0.394. The first-order chi connectivity index (χ1) is 12.3. The molecule has 0 atom stereocenters. The van der Waals surface area contributed by atoms with E-state index in [1.165, 1.54) is 0 Å². The third kappa shape index (κ3) is 5.09. The fourth-order valence-corrected chi connectivity index (χ4v) is 4.30. The number of ether oxygens (including phenoxy) is 3. The molecule has 0 spiro atoms. The van der Waals surface area contributed by atoms with Crippen molar-refractivity contribution in [3.63, 3.8) is 0 Å². The maximum atomic E-state index is 11.0. The van der Waals surface area contributed by atoms with Crippen molar-refractivity contribution in [3.05, 3.63) is 22.9 Å². The molecule has 0 saturated carbocycles. The van der Waals surface area contributed by atoms with Gasteiger partial charge in [-0.1, -0.05) is 11.3 Å². The van der Waals surface area contributed by atoms with Crippen LogP contribution in [-0.4, -0.2) is 39.5 Å². The smallest absolute Gasteiger partial charge is 0.266 e. The SMILES string of the molecule is CCOC(C)=Cc1sc2cc(OC)c(OC)cc2[n+]1CCCS(=O)(=O)O. The molecule has 9 heteroatoms. The summed E-state index contributed by atoms with van der Waals surface area (Å²) in [4.78, 5) is 0. The van der Waals surface area contributed by atoms with Crippen LogP contribution in [0.5, 0.6) is 11.5 Å². The highest BCUT2D eigenvalue weighted by Crippen LogP contribution is 2.34. The molecule has 0 fully saturated rings.